The van der Waals surface area contributed by atoms with Gasteiger partial charge in [0, 0.05) is 46.8 Å². The SMILES string of the molecule is Cn1c(=O)c2c(ncn2CC(=O)N2CCN(CC=Cc3ccccc3)CC2)n(C)c1=O. The van der Waals surface area contributed by atoms with Gasteiger partial charge in [0.15, 0.2) is 11.2 Å². The third-order valence-electron chi connectivity index (χ3n) is 5.72. The smallest absolute Gasteiger partial charge is 0.332 e. The summed E-state index contributed by atoms with van der Waals surface area (Å²) in [4.78, 5) is 45.7. The summed E-state index contributed by atoms with van der Waals surface area (Å²) in [7, 11) is 2.99. The van der Waals surface area contributed by atoms with Crippen molar-refractivity contribution >= 4 is 23.1 Å². The van der Waals surface area contributed by atoms with Gasteiger partial charge in [0.1, 0.15) is 6.54 Å². The van der Waals surface area contributed by atoms with E-state index in [1.807, 2.05) is 23.1 Å². The van der Waals surface area contributed by atoms with Gasteiger partial charge in [-0.15, -0.1) is 0 Å². The third kappa shape index (κ3) is 4.22. The summed E-state index contributed by atoms with van der Waals surface area (Å²) < 4.78 is 3.89. The van der Waals surface area contributed by atoms with Gasteiger partial charge in [0.25, 0.3) is 5.56 Å². The molecule has 0 radical (unpaired) electrons. The Labute approximate surface area is 179 Å². The quantitative estimate of drug-likeness (QED) is 0.590. The minimum absolute atomic E-state index is 0.0256. The van der Waals surface area contributed by atoms with Crippen LogP contribution in [0.15, 0.2) is 52.3 Å². The average molecular weight is 422 g/mol. The van der Waals surface area contributed by atoms with Gasteiger partial charge >= 0.3 is 5.69 Å². The number of aryl methyl sites for hydroxylation is 1. The summed E-state index contributed by atoms with van der Waals surface area (Å²) >= 11 is 0. The molecule has 0 atom stereocenters. The summed E-state index contributed by atoms with van der Waals surface area (Å²) in [6, 6.07) is 10.2. The third-order valence-corrected chi connectivity index (χ3v) is 5.72. The number of nitrogens with zero attached hydrogens (tertiary/aromatic N) is 6. The molecule has 0 saturated carbocycles. The topological polar surface area (TPSA) is 85.4 Å². The van der Waals surface area contributed by atoms with Gasteiger partial charge in [-0.05, 0) is 5.56 Å². The summed E-state index contributed by atoms with van der Waals surface area (Å²) in [5, 5.41) is 0. The van der Waals surface area contributed by atoms with E-state index in [0.717, 1.165) is 24.2 Å². The standard InChI is InChI=1S/C22H26N6O3/c1-24-20-19(21(30)25(2)22(24)31)28(16-23-20)15-18(29)27-13-11-26(12-14-27)10-6-9-17-7-4-3-5-8-17/h3-9,16H,10-15H2,1-2H3. The number of fused-ring (bicyclic) bond motifs is 1. The molecule has 1 saturated heterocycles. The highest BCUT2D eigenvalue weighted by atomic mass is 16.2. The number of piperazine rings is 1. The monoisotopic (exact) mass is 422 g/mol. The second-order valence-corrected chi connectivity index (χ2v) is 7.74. The maximum absolute atomic E-state index is 12.8. The Morgan fingerprint density at radius 3 is 2.45 bits per heavy atom. The van der Waals surface area contributed by atoms with E-state index in [-0.39, 0.29) is 23.6 Å². The van der Waals surface area contributed by atoms with Crippen molar-refractivity contribution in [2.24, 2.45) is 14.1 Å². The largest absolute Gasteiger partial charge is 0.339 e. The minimum atomic E-state index is -0.446. The second-order valence-electron chi connectivity index (χ2n) is 7.74. The molecule has 0 bridgehead atoms. The molecule has 0 aliphatic carbocycles. The Balaban J connectivity index is 1.37. The Morgan fingerprint density at radius 1 is 1.03 bits per heavy atom. The molecule has 4 rings (SSSR count). The van der Waals surface area contributed by atoms with E-state index in [0.29, 0.717) is 13.1 Å². The summed E-state index contributed by atoms with van der Waals surface area (Å²) in [6.45, 7) is 3.74. The zero-order valence-electron chi connectivity index (χ0n) is 17.8. The average Bonchev–Trinajstić information content (AvgIpc) is 3.21. The number of hydrogen-bond donors (Lipinski definition) is 0. The Kier molecular flexibility index (Phi) is 5.85. The molecular weight excluding hydrogens is 396 g/mol. The van der Waals surface area contributed by atoms with Gasteiger partial charge in [-0.1, -0.05) is 42.5 Å². The van der Waals surface area contributed by atoms with Crippen molar-refractivity contribution in [1.29, 1.82) is 0 Å². The fourth-order valence-electron chi connectivity index (χ4n) is 3.84. The first-order valence-electron chi connectivity index (χ1n) is 10.3. The Morgan fingerprint density at radius 2 is 1.74 bits per heavy atom. The molecule has 1 aliphatic rings. The van der Waals surface area contributed by atoms with Gasteiger partial charge < -0.3 is 9.47 Å². The van der Waals surface area contributed by atoms with Crippen LogP contribution in [0.25, 0.3) is 17.2 Å². The van der Waals surface area contributed by atoms with Crippen molar-refractivity contribution in [2.45, 2.75) is 6.54 Å². The zero-order valence-corrected chi connectivity index (χ0v) is 17.8. The van der Waals surface area contributed by atoms with Gasteiger partial charge in [-0.25, -0.2) is 9.78 Å². The van der Waals surface area contributed by atoms with Crippen molar-refractivity contribution in [3.63, 3.8) is 0 Å². The molecule has 0 spiro atoms. The molecule has 1 aromatic carbocycles. The lowest BCUT2D eigenvalue weighted by Gasteiger charge is -2.34. The molecule has 31 heavy (non-hydrogen) atoms. The van der Waals surface area contributed by atoms with Crippen LogP contribution in [0.2, 0.25) is 0 Å². The first kappa shape index (κ1) is 20.8. The normalized spacial score (nSPS) is 15.2. The molecule has 0 N–H and O–H groups in total. The van der Waals surface area contributed by atoms with Crippen molar-refractivity contribution < 1.29 is 4.79 Å². The highest BCUT2D eigenvalue weighted by Crippen LogP contribution is 2.09. The predicted molar refractivity (Wildman–Crippen MR) is 119 cm³/mol. The van der Waals surface area contributed by atoms with Crippen LogP contribution < -0.4 is 11.2 Å². The molecule has 9 nitrogen and oxygen atoms in total. The molecule has 162 valence electrons. The first-order chi connectivity index (χ1) is 15.0. The molecule has 1 fully saturated rings. The summed E-state index contributed by atoms with van der Waals surface area (Å²) in [5.74, 6) is -0.0605. The highest BCUT2D eigenvalue weighted by Gasteiger charge is 2.22. The number of carbonyl (C=O) groups excluding carboxylic acids is 1. The van der Waals surface area contributed by atoms with E-state index in [1.165, 1.54) is 28.1 Å². The number of carbonyl (C=O) groups is 1. The molecule has 3 aromatic rings. The number of imidazole rings is 1. The predicted octanol–water partition coefficient (Wildman–Crippen LogP) is 0.291. The lowest BCUT2D eigenvalue weighted by Crippen LogP contribution is -2.49. The van der Waals surface area contributed by atoms with Gasteiger partial charge in [0.05, 0.1) is 6.33 Å². The van der Waals surface area contributed by atoms with Crippen LogP contribution in [0, 0.1) is 0 Å². The van der Waals surface area contributed by atoms with Gasteiger partial charge in [-0.3, -0.25) is 23.6 Å². The maximum Gasteiger partial charge on any atom is 0.332 e. The first-order valence-corrected chi connectivity index (χ1v) is 10.3. The lowest BCUT2D eigenvalue weighted by molar-refractivity contribution is -0.133. The number of hydrogen-bond acceptors (Lipinski definition) is 5. The molecule has 1 aliphatic heterocycles. The van der Waals surface area contributed by atoms with Crippen LogP contribution in [-0.2, 0) is 25.4 Å². The van der Waals surface area contributed by atoms with Crippen LogP contribution >= 0.6 is 0 Å². The van der Waals surface area contributed by atoms with E-state index in [9.17, 15) is 14.4 Å². The van der Waals surface area contributed by atoms with Crippen LogP contribution in [-0.4, -0.2) is 67.1 Å². The Hall–Kier alpha value is -3.46. The molecule has 0 unspecified atom stereocenters. The molecular formula is C22H26N6O3. The molecule has 3 heterocycles. The molecule has 1 amide bonds. The number of aromatic nitrogens is 4. The van der Waals surface area contributed by atoms with Crippen LogP contribution in [0.5, 0.6) is 0 Å². The maximum atomic E-state index is 12.8. The fraction of sp³-hybridized carbons (Fsp3) is 0.364. The number of benzene rings is 1. The van der Waals surface area contributed by atoms with Crippen LogP contribution in [0.1, 0.15) is 5.56 Å². The van der Waals surface area contributed by atoms with Crippen LogP contribution in [0.4, 0.5) is 0 Å². The molecule has 9 heteroatoms. The number of amides is 1. The van der Waals surface area contributed by atoms with E-state index in [4.69, 9.17) is 0 Å². The van der Waals surface area contributed by atoms with E-state index in [2.05, 4.69) is 34.2 Å². The lowest BCUT2D eigenvalue weighted by atomic mass is 10.2. The van der Waals surface area contributed by atoms with E-state index in [1.54, 1.807) is 7.05 Å². The van der Waals surface area contributed by atoms with Crippen molar-refractivity contribution in [1.82, 2.24) is 28.5 Å². The minimum Gasteiger partial charge on any atom is -0.339 e. The molecule has 2 aromatic heterocycles. The van der Waals surface area contributed by atoms with Crippen LogP contribution in [0.3, 0.4) is 0 Å². The Bertz CT molecular complexity index is 1230. The van der Waals surface area contributed by atoms with E-state index >= 15 is 0 Å². The fourth-order valence-corrected chi connectivity index (χ4v) is 3.84. The van der Waals surface area contributed by atoms with Crippen molar-refractivity contribution in [3.05, 3.63) is 69.1 Å². The number of rotatable bonds is 5. The van der Waals surface area contributed by atoms with E-state index < -0.39 is 11.2 Å². The van der Waals surface area contributed by atoms with Gasteiger partial charge in [0.2, 0.25) is 5.91 Å². The zero-order chi connectivity index (χ0) is 22.0. The second kappa shape index (κ2) is 8.73. The van der Waals surface area contributed by atoms with Crippen molar-refractivity contribution in [2.75, 3.05) is 32.7 Å². The summed E-state index contributed by atoms with van der Waals surface area (Å²) in [5.41, 5.74) is 0.844. The highest BCUT2D eigenvalue weighted by molar-refractivity contribution is 5.79. The van der Waals surface area contributed by atoms with Gasteiger partial charge in [-0.2, -0.15) is 0 Å². The summed E-state index contributed by atoms with van der Waals surface area (Å²) in [6.07, 6.45) is 5.70. The van der Waals surface area contributed by atoms with Crippen molar-refractivity contribution in [3.8, 4) is 0 Å².